The predicted octanol–water partition coefficient (Wildman–Crippen LogP) is 0.846. The highest BCUT2D eigenvalue weighted by atomic mass is 16.5. The van der Waals surface area contributed by atoms with Crippen molar-refractivity contribution < 1.29 is 9.84 Å². The summed E-state index contributed by atoms with van der Waals surface area (Å²) in [5.41, 5.74) is -0.174. The molecule has 1 rings (SSSR count). The first-order valence-corrected chi connectivity index (χ1v) is 6.61. The van der Waals surface area contributed by atoms with Crippen molar-refractivity contribution in [2.75, 3.05) is 33.3 Å². The third-order valence-electron chi connectivity index (χ3n) is 3.14. The zero-order valence-corrected chi connectivity index (χ0v) is 11.7. The molecule has 1 fully saturated rings. The van der Waals surface area contributed by atoms with Crippen LogP contribution in [0.2, 0.25) is 0 Å². The standard InChI is InChI=1S/C13H28N2O2/c1-13(2,3)17-10-12(16)9-14-8-11-6-5-7-15(11)4/h11-12,14,16H,5-10H2,1-4H3. The number of nitrogens with one attached hydrogen (secondary N) is 1. The fourth-order valence-corrected chi connectivity index (χ4v) is 2.06. The van der Waals surface area contributed by atoms with E-state index in [0.717, 1.165) is 6.54 Å². The summed E-state index contributed by atoms with van der Waals surface area (Å²) in [5, 5.41) is 13.1. The van der Waals surface area contributed by atoms with Gasteiger partial charge in [0, 0.05) is 19.1 Å². The van der Waals surface area contributed by atoms with Crippen LogP contribution < -0.4 is 5.32 Å². The van der Waals surface area contributed by atoms with E-state index in [9.17, 15) is 5.11 Å². The van der Waals surface area contributed by atoms with Crippen LogP contribution in [0.3, 0.4) is 0 Å². The van der Waals surface area contributed by atoms with E-state index in [1.807, 2.05) is 20.8 Å². The van der Waals surface area contributed by atoms with Crippen molar-refractivity contribution >= 4 is 0 Å². The lowest BCUT2D eigenvalue weighted by molar-refractivity contribution is -0.0479. The van der Waals surface area contributed by atoms with E-state index in [4.69, 9.17) is 4.74 Å². The lowest BCUT2D eigenvalue weighted by Crippen LogP contribution is -2.40. The topological polar surface area (TPSA) is 44.7 Å². The van der Waals surface area contributed by atoms with Gasteiger partial charge in [-0.3, -0.25) is 0 Å². The van der Waals surface area contributed by atoms with Gasteiger partial charge < -0.3 is 20.1 Å². The number of aliphatic hydroxyl groups is 1. The number of hydrogen-bond donors (Lipinski definition) is 2. The van der Waals surface area contributed by atoms with Crippen LogP contribution in [0.15, 0.2) is 0 Å². The Labute approximate surface area is 105 Å². The van der Waals surface area contributed by atoms with Gasteiger partial charge in [0.05, 0.1) is 18.3 Å². The molecule has 0 aromatic heterocycles. The van der Waals surface area contributed by atoms with Gasteiger partial charge in [-0.1, -0.05) is 0 Å². The molecule has 102 valence electrons. The van der Waals surface area contributed by atoms with Crippen molar-refractivity contribution in [2.24, 2.45) is 0 Å². The maximum absolute atomic E-state index is 9.75. The molecule has 0 amide bonds. The second kappa shape index (κ2) is 6.69. The van der Waals surface area contributed by atoms with E-state index in [2.05, 4.69) is 17.3 Å². The summed E-state index contributed by atoms with van der Waals surface area (Å²) in [6.45, 7) is 9.17. The number of hydrogen-bond acceptors (Lipinski definition) is 4. The molecule has 2 N–H and O–H groups in total. The van der Waals surface area contributed by atoms with Crippen molar-refractivity contribution in [1.29, 1.82) is 0 Å². The van der Waals surface area contributed by atoms with Gasteiger partial charge in [0.25, 0.3) is 0 Å². The van der Waals surface area contributed by atoms with Crippen LogP contribution in [-0.4, -0.2) is 61.0 Å². The van der Waals surface area contributed by atoms with E-state index in [0.29, 0.717) is 19.2 Å². The molecule has 2 unspecified atom stereocenters. The second-order valence-corrected chi connectivity index (χ2v) is 6.01. The van der Waals surface area contributed by atoms with Gasteiger partial charge in [0.1, 0.15) is 0 Å². The average molecular weight is 244 g/mol. The first-order chi connectivity index (χ1) is 7.88. The first-order valence-electron chi connectivity index (χ1n) is 6.61. The number of likely N-dealkylation sites (tertiary alicyclic amines) is 1. The average Bonchev–Trinajstić information content (AvgIpc) is 2.61. The first kappa shape index (κ1) is 14.9. The van der Waals surface area contributed by atoms with Crippen LogP contribution in [-0.2, 0) is 4.74 Å². The molecule has 2 atom stereocenters. The fraction of sp³-hybridized carbons (Fsp3) is 1.00. The van der Waals surface area contributed by atoms with Crippen molar-refractivity contribution in [2.45, 2.75) is 51.4 Å². The molecule has 1 saturated heterocycles. The van der Waals surface area contributed by atoms with Gasteiger partial charge in [-0.15, -0.1) is 0 Å². The lowest BCUT2D eigenvalue weighted by atomic mass is 10.2. The molecular formula is C13H28N2O2. The van der Waals surface area contributed by atoms with Crippen LogP contribution >= 0.6 is 0 Å². The number of aliphatic hydroxyl groups excluding tert-OH is 1. The van der Waals surface area contributed by atoms with Gasteiger partial charge in [-0.25, -0.2) is 0 Å². The molecule has 0 saturated carbocycles. The minimum atomic E-state index is -0.416. The van der Waals surface area contributed by atoms with Crippen LogP contribution in [0.25, 0.3) is 0 Å². The summed E-state index contributed by atoms with van der Waals surface area (Å²) in [5.74, 6) is 0. The Morgan fingerprint density at radius 1 is 1.47 bits per heavy atom. The van der Waals surface area contributed by atoms with E-state index in [-0.39, 0.29) is 5.60 Å². The molecule has 0 aromatic rings. The van der Waals surface area contributed by atoms with Gasteiger partial charge in [0.15, 0.2) is 0 Å². The van der Waals surface area contributed by atoms with Crippen molar-refractivity contribution in [3.63, 3.8) is 0 Å². The van der Waals surface area contributed by atoms with Crippen LogP contribution in [0.5, 0.6) is 0 Å². The van der Waals surface area contributed by atoms with Crippen molar-refractivity contribution in [3.05, 3.63) is 0 Å². The molecule has 0 aromatic carbocycles. The smallest absolute Gasteiger partial charge is 0.0897 e. The highest BCUT2D eigenvalue weighted by Gasteiger charge is 2.20. The Bertz CT molecular complexity index is 216. The van der Waals surface area contributed by atoms with Crippen molar-refractivity contribution in [3.8, 4) is 0 Å². The number of rotatable bonds is 6. The predicted molar refractivity (Wildman–Crippen MR) is 70.2 cm³/mol. The number of likely N-dealkylation sites (N-methyl/N-ethyl adjacent to an activating group) is 1. The van der Waals surface area contributed by atoms with Crippen LogP contribution in [0, 0.1) is 0 Å². The molecule has 1 aliphatic heterocycles. The summed E-state index contributed by atoms with van der Waals surface area (Å²) in [7, 11) is 2.17. The molecular weight excluding hydrogens is 216 g/mol. The Morgan fingerprint density at radius 2 is 2.18 bits per heavy atom. The molecule has 17 heavy (non-hydrogen) atoms. The third kappa shape index (κ3) is 6.36. The second-order valence-electron chi connectivity index (χ2n) is 6.01. The summed E-state index contributed by atoms with van der Waals surface area (Å²) in [4.78, 5) is 2.38. The SMILES string of the molecule is CN1CCCC1CNCC(O)COC(C)(C)C. The Morgan fingerprint density at radius 3 is 2.71 bits per heavy atom. The maximum atomic E-state index is 9.75. The summed E-state index contributed by atoms with van der Waals surface area (Å²) < 4.78 is 5.53. The van der Waals surface area contributed by atoms with Crippen LogP contribution in [0.4, 0.5) is 0 Å². The molecule has 1 heterocycles. The number of ether oxygens (including phenoxy) is 1. The largest absolute Gasteiger partial charge is 0.389 e. The molecule has 0 spiro atoms. The molecule has 0 aliphatic carbocycles. The van der Waals surface area contributed by atoms with Gasteiger partial charge in [-0.05, 0) is 47.2 Å². The van der Waals surface area contributed by atoms with E-state index in [1.165, 1.54) is 19.4 Å². The quantitative estimate of drug-likeness (QED) is 0.727. The zero-order valence-electron chi connectivity index (χ0n) is 11.7. The Balaban J connectivity index is 2.05. The summed E-state index contributed by atoms with van der Waals surface area (Å²) in [6.07, 6.45) is 2.14. The minimum absolute atomic E-state index is 0.174. The monoisotopic (exact) mass is 244 g/mol. The molecule has 1 aliphatic rings. The third-order valence-corrected chi connectivity index (χ3v) is 3.14. The highest BCUT2D eigenvalue weighted by Crippen LogP contribution is 2.13. The minimum Gasteiger partial charge on any atom is -0.389 e. The normalized spacial score (nSPS) is 24.2. The highest BCUT2D eigenvalue weighted by molar-refractivity contribution is 4.78. The fourth-order valence-electron chi connectivity index (χ4n) is 2.06. The summed E-state index contributed by atoms with van der Waals surface area (Å²) >= 11 is 0. The Kier molecular flexibility index (Phi) is 5.86. The summed E-state index contributed by atoms with van der Waals surface area (Å²) in [6, 6.07) is 0.630. The van der Waals surface area contributed by atoms with E-state index in [1.54, 1.807) is 0 Å². The lowest BCUT2D eigenvalue weighted by Gasteiger charge is -2.23. The molecule has 0 radical (unpaired) electrons. The van der Waals surface area contributed by atoms with Gasteiger partial charge in [0.2, 0.25) is 0 Å². The van der Waals surface area contributed by atoms with Gasteiger partial charge in [-0.2, -0.15) is 0 Å². The molecule has 4 heteroatoms. The van der Waals surface area contributed by atoms with E-state index < -0.39 is 6.10 Å². The zero-order chi connectivity index (χ0) is 12.9. The Hall–Kier alpha value is -0.160. The molecule has 0 bridgehead atoms. The van der Waals surface area contributed by atoms with Crippen LogP contribution in [0.1, 0.15) is 33.6 Å². The number of nitrogens with zero attached hydrogens (tertiary/aromatic N) is 1. The maximum Gasteiger partial charge on any atom is 0.0897 e. The van der Waals surface area contributed by atoms with Gasteiger partial charge >= 0.3 is 0 Å². The van der Waals surface area contributed by atoms with Crippen molar-refractivity contribution in [1.82, 2.24) is 10.2 Å². The molecule has 4 nitrogen and oxygen atoms in total. The van der Waals surface area contributed by atoms with E-state index >= 15 is 0 Å².